The van der Waals surface area contributed by atoms with Crippen molar-refractivity contribution >= 4 is 5.82 Å². The smallest absolute Gasteiger partial charge is 0.330 e. The first-order valence-corrected chi connectivity index (χ1v) is 5.31. The topological polar surface area (TPSA) is 80.9 Å². The first kappa shape index (κ1) is 11.0. The highest BCUT2D eigenvalue weighted by molar-refractivity contribution is 5.32. The molecule has 5 nitrogen and oxygen atoms in total. The zero-order valence-corrected chi connectivity index (χ0v) is 10.00. The molecule has 0 aromatic carbocycles. The molecule has 0 aliphatic heterocycles. The average molecular weight is 223 g/mol. The molecule has 1 heterocycles. The summed E-state index contributed by atoms with van der Waals surface area (Å²) in [6.45, 7) is 8.37. The average Bonchev–Trinajstić information content (AvgIpc) is 2.46. The molecule has 1 aromatic heterocycles. The minimum Gasteiger partial charge on any atom is -0.385 e. The predicted octanol–water partition coefficient (Wildman–Crippen LogP) is 0.726. The van der Waals surface area contributed by atoms with E-state index in [1.807, 2.05) is 0 Å². The third-order valence-corrected chi connectivity index (χ3v) is 4.21. The second kappa shape index (κ2) is 2.78. The molecule has 0 bridgehead atoms. The van der Waals surface area contributed by atoms with Crippen molar-refractivity contribution < 1.29 is 0 Å². The molecule has 0 unspecified atom stereocenters. The first-order chi connectivity index (χ1) is 7.19. The van der Waals surface area contributed by atoms with E-state index in [4.69, 9.17) is 5.73 Å². The maximum Gasteiger partial charge on any atom is 0.330 e. The van der Waals surface area contributed by atoms with Crippen molar-refractivity contribution in [3.63, 3.8) is 0 Å². The normalized spacial score (nSPS) is 22.0. The van der Waals surface area contributed by atoms with E-state index in [1.165, 1.54) is 10.6 Å². The van der Waals surface area contributed by atoms with Crippen LogP contribution in [-0.2, 0) is 0 Å². The number of aromatic nitrogens is 2. The summed E-state index contributed by atoms with van der Waals surface area (Å²) in [5, 5.41) is 0. The molecule has 88 valence electrons. The largest absolute Gasteiger partial charge is 0.385 e. The van der Waals surface area contributed by atoms with E-state index in [-0.39, 0.29) is 22.7 Å². The molecule has 3 N–H and O–H groups in total. The summed E-state index contributed by atoms with van der Waals surface area (Å²) in [4.78, 5) is 25.1. The second-order valence-corrected chi connectivity index (χ2v) is 5.58. The van der Waals surface area contributed by atoms with Gasteiger partial charge in [0.1, 0.15) is 5.82 Å². The van der Waals surface area contributed by atoms with Gasteiger partial charge in [0.15, 0.2) is 0 Å². The molecule has 2 rings (SSSR count). The van der Waals surface area contributed by atoms with E-state index < -0.39 is 11.2 Å². The zero-order chi connectivity index (χ0) is 12.3. The van der Waals surface area contributed by atoms with Gasteiger partial charge in [0, 0.05) is 6.07 Å². The minimum absolute atomic E-state index is 0.00316. The fourth-order valence-corrected chi connectivity index (χ4v) is 2.60. The summed E-state index contributed by atoms with van der Waals surface area (Å²) < 4.78 is 1.49. The quantitative estimate of drug-likeness (QED) is 0.736. The molecule has 0 radical (unpaired) electrons. The van der Waals surface area contributed by atoms with E-state index in [9.17, 15) is 9.59 Å². The number of nitrogens with zero attached hydrogens (tertiary/aromatic N) is 1. The zero-order valence-electron chi connectivity index (χ0n) is 10.00. The Morgan fingerprint density at radius 1 is 1.25 bits per heavy atom. The van der Waals surface area contributed by atoms with Crippen LogP contribution in [0.1, 0.15) is 33.7 Å². The van der Waals surface area contributed by atoms with Crippen molar-refractivity contribution in [3.05, 3.63) is 26.9 Å². The van der Waals surface area contributed by atoms with Crippen molar-refractivity contribution in [3.8, 4) is 0 Å². The van der Waals surface area contributed by atoms with Crippen molar-refractivity contribution in [1.29, 1.82) is 0 Å². The van der Waals surface area contributed by atoms with Gasteiger partial charge in [-0.05, 0) is 10.8 Å². The summed E-state index contributed by atoms with van der Waals surface area (Å²) in [5.41, 5.74) is 4.88. The van der Waals surface area contributed by atoms with Gasteiger partial charge in [-0.25, -0.2) is 4.79 Å². The number of aromatic amines is 1. The Bertz CT molecular complexity index is 537. The van der Waals surface area contributed by atoms with Gasteiger partial charge in [-0.2, -0.15) is 0 Å². The highest BCUT2D eigenvalue weighted by Gasteiger charge is 2.66. The SMILES string of the molecule is CC1(C)C(n2c(N)cc(=O)[nH]c2=O)C1(C)C. The number of hydrogen-bond acceptors (Lipinski definition) is 3. The Balaban J connectivity index is 2.62. The number of hydrogen-bond donors (Lipinski definition) is 2. The summed E-state index contributed by atoms with van der Waals surface area (Å²) in [6.07, 6.45) is 0. The molecule has 1 aliphatic rings. The summed E-state index contributed by atoms with van der Waals surface area (Å²) in [6, 6.07) is 1.29. The lowest BCUT2D eigenvalue weighted by atomic mass is 10.0. The van der Waals surface area contributed by atoms with Crippen molar-refractivity contribution in [2.24, 2.45) is 10.8 Å². The molecule has 16 heavy (non-hydrogen) atoms. The van der Waals surface area contributed by atoms with Crippen LogP contribution in [0.5, 0.6) is 0 Å². The number of nitrogens with two attached hydrogens (primary N) is 1. The lowest BCUT2D eigenvalue weighted by Gasteiger charge is -2.09. The fourth-order valence-electron chi connectivity index (χ4n) is 2.60. The van der Waals surface area contributed by atoms with Crippen LogP contribution >= 0.6 is 0 Å². The van der Waals surface area contributed by atoms with Gasteiger partial charge in [-0.15, -0.1) is 0 Å². The summed E-state index contributed by atoms with van der Waals surface area (Å²) in [7, 11) is 0. The predicted molar refractivity (Wildman–Crippen MR) is 62.3 cm³/mol. The Morgan fingerprint density at radius 3 is 2.12 bits per heavy atom. The van der Waals surface area contributed by atoms with Gasteiger partial charge in [0.25, 0.3) is 5.56 Å². The maximum atomic E-state index is 11.7. The summed E-state index contributed by atoms with van der Waals surface area (Å²) in [5.74, 6) is 0.234. The van der Waals surface area contributed by atoms with Crippen molar-refractivity contribution in [2.45, 2.75) is 33.7 Å². The third kappa shape index (κ3) is 1.17. The van der Waals surface area contributed by atoms with Gasteiger partial charge in [-0.1, -0.05) is 27.7 Å². The molecular formula is C11H17N3O2. The van der Waals surface area contributed by atoms with Gasteiger partial charge in [0.05, 0.1) is 6.04 Å². The van der Waals surface area contributed by atoms with E-state index in [0.29, 0.717) is 0 Å². The molecule has 1 saturated carbocycles. The van der Waals surface area contributed by atoms with Crippen LogP contribution in [0.2, 0.25) is 0 Å². The van der Waals surface area contributed by atoms with Crippen LogP contribution in [0.25, 0.3) is 0 Å². The van der Waals surface area contributed by atoms with Gasteiger partial charge < -0.3 is 5.73 Å². The molecule has 0 saturated heterocycles. The van der Waals surface area contributed by atoms with E-state index in [0.717, 1.165) is 0 Å². The lowest BCUT2D eigenvalue weighted by Crippen LogP contribution is -2.32. The molecule has 1 fully saturated rings. The van der Waals surface area contributed by atoms with Crippen LogP contribution in [0.4, 0.5) is 5.82 Å². The van der Waals surface area contributed by atoms with E-state index >= 15 is 0 Å². The van der Waals surface area contributed by atoms with Gasteiger partial charge in [-0.3, -0.25) is 14.3 Å². The number of H-pyrrole nitrogens is 1. The van der Waals surface area contributed by atoms with Crippen molar-refractivity contribution in [2.75, 3.05) is 5.73 Å². The third-order valence-electron chi connectivity index (χ3n) is 4.21. The monoisotopic (exact) mass is 223 g/mol. The Labute approximate surface area is 93.3 Å². The van der Waals surface area contributed by atoms with Crippen LogP contribution < -0.4 is 17.0 Å². The van der Waals surface area contributed by atoms with Crippen LogP contribution in [0, 0.1) is 10.8 Å². The summed E-state index contributed by atoms with van der Waals surface area (Å²) >= 11 is 0. The van der Waals surface area contributed by atoms with Gasteiger partial charge >= 0.3 is 5.69 Å². The van der Waals surface area contributed by atoms with Gasteiger partial charge in [0.2, 0.25) is 0 Å². The molecular weight excluding hydrogens is 206 g/mol. The molecule has 0 amide bonds. The lowest BCUT2D eigenvalue weighted by molar-refractivity contribution is 0.457. The fraction of sp³-hybridized carbons (Fsp3) is 0.636. The molecule has 1 aromatic rings. The standard InChI is InChI=1S/C11H17N3O2/c1-10(2)8(11(10,3)4)14-6(12)5-7(15)13-9(14)16/h5,8H,12H2,1-4H3,(H,13,15,16). The number of rotatable bonds is 1. The minimum atomic E-state index is -0.449. The van der Waals surface area contributed by atoms with E-state index in [1.54, 1.807) is 0 Å². The van der Waals surface area contributed by atoms with E-state index in [2.05, 4.69) is 32.7 Å². The second-order valence-electron chi connectivity index (χ2n) is 5.58. The number of anilines is 1. The molecule has 0 spiro atoms. The Kier molecular flexibility index (Phi) is 1.91. The maximum absolute atomic E-state index is 11.7. The van der Waals surface area contributed by atoms with Crippen LogP contribution in [0.15, 0.2) is 15.7 Å². The number of nitrogen functional groups attached to an aromatic ring is 1. The van der Waals surface area contributed by atoms with Crippen molar-refractivity contribution in [1.82, 2.24) is 9.55 Å². The number of nitrogens with one attached hydrogen (secondary N) is 1. The highest BCUT2D eigenvalue weighted by Crippen LogP contribution is 2.71. The molecule has 0 atom stereocenters. The van der Waals surface area contributed by atoms with Crippen LogP contribution in [-0.4, -0.2) is 9.55 Å². The Morgan fingerprint density at radius 2 is 1.75 bits per heavy atom. The van der Waals surface area contributed by atoms with Crippen LogP contribution in [0.3, 0.4) is 0 Å². The Hall–Kier alpha value is -1.52. The molecule has 5 heteroatoms. The first-order valence-electron chi connectivity index (χ1n) is 5.31. The molecule has 1 aliphatic carbocycles. The highest BCUT2D eigenvalue weighted by atomic mass is 16.2.